The Balaban J connectivity index is 1.63. The number of unbranched alkanes of at least 4 members (excludes halogenated alkanes) is 1. The summed E-state index contributed by atoms with van der Waals surface area (Å²) in [4.78, 5) is 0. The number of alkyl halides is 2. The molecule has 0 aliphatic heterocycles. The SMILES string of the molecule is CC(CCCCC1(Br)CCCC1)C1(Br)CCCC1. The second-order valence-corrected chi connectivity index (χ2v) is 10.0. The summed E-state index contributed by atoms with van der Waals surface area (Å²) in [5, 5.41) is 0. The number of hydrogen-bond acceptors (Lipinski definition) is 0. The van der Waals surface area contributed by atoms with Gasteiger partial charge in [-0.1, -0.05) is 77.3 Å². The normalized spacial score (nSPS) is 27.5. The molecule has 0 aromatic rings. The molecule has 1 unspecified atom stereocenters. The number of rotatable bonds is 6. The molecule has 18 heavy (non-hydrogen) atoms. The molecule has 2 fully saturated rings. The largest absolute Gasteiger partial charge is 0.0853 e. The van der Waals surface area contributed by atoms with Gasteiger partial charge in [-0.15, -0.1) is 0 Å². The third-order valence-electron chi connectivity index (χ3n) is 5.33. The Labute approximate surface area is 130 Å². The summed E-state index contributed by atoms with van der Waals surface area (Å²) in [6.07, 6.45) is 17.0. The van der Waals surface area contributed by atoms with Crippen LogP contribution in [0.4, 0.5) is 0 Å². The maximum atomic E-state index is 4.03. The first-order chi connectivity index (χ1) is 8.54. The summed E-state index contributed by atoms with van der Waals surface area (Å²) in [6, 6.07) is 0. The van der Waals surface area contributed by atoms with Gasteiger partial charge in [0.25, 0.3) is 0 Å². The zero-order chi connectivity index (χ0) is 13.1. The van der Waals surface area contributed by atoms with Gasteiger partial charge in [0.05, 0.1) is 0 Å². The Kier molecular flexibility index (Phi) is 5.64. The molecule has 0 spiro atoms. The van der Waals surface area contributed by atoms with Crippen molar-refractivity contribution in [3.05, 3.63) is 0 Å². The zero-order valence-electron chi connectivity index (χ0n) is 11.8. The molecule has 1 atom stereocenters. The molecule has 106 valence electrons. The molecule has 0 heterocycles. The predicted octanol–water partition coefficient (Wildman–Crippen LogP) is 6.60. The summed E-state index contributed by atoms with van der Waals surface area (Å²) < 4.78 is 1.02. The molecule has 0 aromatic carbocycles. The molecular weight excluding hydrogens is 352 g/mol. The molecule has 2 aliphatic rings. The van der Waals surface area contributed by atoms with E-state index in [9.17, 15) is 0 Å². The lowest BCUT2D eigenvalue weighted by Crippen LogP contribution is -2.25. The molecule has 0 amide bonds. The summed E-state index contributed by atoms with van der Waals surface area (Å²) in [6.45, 7) is 2.46. The van der Waals surface area contributed by atoms with E-state index >= 15 is 0 Å². The molecule has 0 nitrogen and oxygen atoms in total. The van der Waals surface area contributed by atoms with E-state index in [1.807, 2.05) is 0 Å². The van der Waals surface area contributed by atoms with E-state index in [1.54, 1.807) is 0 Å². The quantitative estimate of drug-likeness (QED) is 0.360. The van der Waals surface area contributed by atoms with Crippen molar-refractivity contribution < 1.29 is 0 Å². The first kappa shape index (κ1) is 15.4. The number of hydrogen-bond donors (Lipinski definition) is 0. The van der Waals surface area contributed by atoms with Crippen molar-refractivity contribution in [1.29, 1.82) is 0 Å². The van der Waals surface area contributed by atoms with Gasteiger partial charge in [0.1, 0.15) is 0 Å². The molecule has 0 aromatic heterocycles. The summed E-state index contributed by atoms with van der Waals surface area (Å²) >= 11 is 8.01. The van der Waals surface area contributed by atoms with Crippen molar-refractivity contribution in [1.82, 2.24) is 0 Å². The third kappa shape index (κ3) is 3.98. The van der Waals surface area contributed by atoms with E-state index < -0.39 is 0 Å². The lowest BCUT2D eigenvalue weighted by Gasteiger charge is -2.29. The Bertz CT molecular complexity index is 250. The highest BCUT2D eigenvalue weighted by Gasteiger charge is 2.36. The molecule has 2 heteroatoms. The Morgan fingerprint density at radius 2 is 1.44 bits per heavy atom. The van der Waals surface area contributed by atoms with Crippen LogP contribution in [0.3, 0.4) is 0 Å². The van der Waals surface area contributed by atoms with Crippen molar-refractivity contribution in [3.63, 3.8) is 0 Å². The van der Waals surface area contributed by atoms with E-state index in [2.05, 4.69) is 38.8 Å². The average Bonchev–Trinajstić information content (AvgIpc) is 2.95. The van der Waals surface area contributed by atoms with Gasteiger partial charge in [-0.05, 0) is 44.4 Å². The van der Waals surface area contributed by atoms with Crippen molar-refractivity contribution in [3.8, 4) is 0 Å². The van der Waals surface area contributed by atoms with E-state index in [0.717, 1.165) is 5.92 Å². The van der Waals surface area contributed by atoms with Gasteiger partial charge < -0.3 is 0 Å². The minimum absolute atomic E-state index is 0.493. The van der Waals surface area contributed by atoms with Gasteiger partial charge in [0, 0.05) is 8.65 Å². The van der Waals surface area contributed by atoms with Gasteiger partial charge >= 0.3 is 0 Å². The Morgan fingerprint density at radius 1 is 0.889 bits per heavy atom. The van der Waals surface area contributed by atoms with Crippen LogP contribution in [-0.4, -0.2) is 8.65 Å². The highest BCUT2D eigenvalue weighted by Crippen LogP contribution is 2.46. The lowest BCUT2D eigenvalue weighted by molar-refractivity contribution is 0.374. The van der Waals surface area contributed by atoms with Gasteiger partial charge in [0.2, 0.25) is 0 Å². The molecule has 0 N–H and O–H groups in total. The van der Waals surface area contributed by atoms with Crippen LogP contribution in [-0.2, 0) is 0 Å². The second kappa shape index (κ2) is 6.61. The van der Waals surface area contributed by atoms with Crippen LogP contribution in [0.2, 0.25) is 0 Å². The second-order valence-electron chi connectivity index (χ2n) is 6.75. The predicted molar refractivity (Wildman–Crippen MR) is 87.9 cm³/mol. The molecule has 0 saturated heterocycles. The fourth-order valence-electron chi connectivity index (χ4n) is 3.87. The third-order valence-corrected chi connectivity index (χ3v) is 8.09. The molecular formula is C16H28Br2. The van der Waals surface area contributed by atoms with Crippen molar-refractivity contribution in [2.24, 2.45) is 5.92 Å². The van der Waals surface area contributed by atoms with Gasteiger partial charge in [-0.2, -0.15) is 0 Å². The summed E-state index contributed by atoms with van der Waals surface area (Å²) in [7, 11) is 0. The molecule has 2 rings (SSSR count). The molecule has 2 saturated carbocycles. The van der Waals surface area contributed by atoms with Crippen LogP contribution in [0.1, 0.15) is 84.0 Å². The van der Waals surface area contributed by atoms with Crippen molar-refractivity contribution >= 4 is 31.9 Å². The van der Waals surface area contributed by atoms with E-state index in [4.69, 9.17) is 0 Å². The lowest BCUT2D eigenvalue weighted by atomic mass is 9.87. The monoisotopic (exact) mass is 378 g/mol. The topological polar surface area (TPSA) is 0 Å². The van der Waals surface area contributed by atoms with Crippen LogP contribution in [0.15, 0.2) is 0 Å². The van der Waals surface area contributed by atoms with Gasteiger partial charge in [-0.25, -0.2) is 0 Å². The maximum Gasteiger partial charge on any atom is 0.0283 e. The average molecular weight is 380 g/mol. The first-order valence-electron chi connectivity index (χ1n) is 7.92. The smallest absolute Gasteiger partial charge is 0.0283 e. The summed E-state index contributed by atoms with van der Waals surface area (Å²) in [5.74, 6) is 0.856. The van der Waals surface area contributed by atoms with Crippen LogP contribution < -0.4 is 0 Å². The molecule has 0 bridgehead atoms. The highest BCUT2D eigenvalue weighted by molar-refractivity contribution is 9.10. The first-order valence-corrected chi connectivity index (χ1v) is 9.51. The minimum atomic E-state index is 0.493. The Hall–Kier alpha value is 0.960. The number of halogens is 2. The van der Waals surface area contributed by atoms with Crippen LogP contribution in [0, 0.1) is 5.92 Å². The van der Waals surface area contributed by atoms with Crippen LogP contribution >= 0.6 is 31.9 Å². The fraction of sp³-hybridized carbons (Fsp3) is 1.00. The van der Waals surface area contributed by atoms with Crippen molar-refractivity contribution in [2.45, 2.75) is 92.6 Å². The van der Waals surface area contributed by atoms with E-state index in [-0.39, 0.29) is 0 Å². The minimum Gasteiger partial charge on any atom is -0.0853 e. The van der Waals surface area contributed by atoms with Crippen LogP contribution in [0.5, 0.6) is 0 Å². The van der Waals surface area contributed by atoms with E-state index in [1.165, 1.54) is 77.0 Å². The Morgan fingerprint density at radius 3 is 2.06 bits per heavy atom. The zero-order valence-corrected chi connectivity index (χ0v) is 15.0. The van der Waals surface area contributed by atoms with E-state index in [0.29, 0.717) is 8.65 Å². The molecule has 0 radical (unpaired) electrons. The maximum absolute atomic E-state index is 4.03. The fourth-order valence-corrected chi connectivity index (χ4v) is 5.50. The van der Waals surface area contributed by atoms with Gasteiger partial charge in [-0.3, -0.25) is 0 Å². The summed E-state index contributed by atoms with van der Waals surface area (Å²) in [5.41, 5.74) is 0. The highest BCUT2D eigenvalue weighted by atomic mass is 79.9. The standard InChI is InChI=1S/C16H28Br2/c1-14(16(18)12-6-7-13-16)8-2-3-9-15(17)10-4-5-11-15/h14H,2-13H2,1H3. The van der Waals surface area contributed by atoms with Crippen LogP contribution in [0.25, 0.3) is 0 Å². The van der Waals surface area contributed by atoms with Crippen molar-refractivity contribution in [2.75, 3.05) is 0 Å². The molecule has 2 aliphatic carbocycles. The van der Waals surface area contributed by atoms with Gasteiger partial charge in [0.15, 0.2) is 0 Å².